The summed E-state index contributed by atoms with van der Waals surface area (Å²) in [4.78, 5) is 12.0. The first-order valence-electron chi connectivity index (χ1n) is 6.34. The first-order chi connectivity index (χ1) is 10.9. The zero-order valence-electron chi connectivity index (χ0n) is 11.5. The Morgan fingerprint density at radius 2 is 1.87 bits per heavy atom. The molecule has 0 aliphatic carbocycles. The van der Waals surface area contributed by atoms with E-state index in [1.165, 1.54) is 24.3 Å². The van der Waals surface area contributed by atoms with Gasteiger partial charge in [-0.25, -0.2) is 8.78 Å². The summed E-state index contributed by atoms with van der Waals surface area (Å²) in [6.07, 6.45) is 0. The first-order valence-corrected chi connectivity index (χ1v) is 6.71. The minimum Gasteiger partial charge on any atom is -0.434 e. The lowest BCUT2D eigenvalue weighted by Gasteiger charge is -2.11. The van der Waals surface area contributed by atoms with Crippen LogP contribution >= 0.6 is 11.6 Å². The standard InChI is InChI=1S/C15H10ClF4NO2/c16-10-6-11(17)8(5-12(10)18)7-21-14(22)9-3-1-2-4-13(9)23-15(19)20/h1-6,15H,7H2,(H,21,22). The summed E-state index contributed by atoms with van der Waals surface area (Å²) in [6, 6.07) is 6.97. The number of rotatable bonds is 5. The third-order valence-electron chi connectivity index (χ3n) is 2.88. The number of para-hydroxylation sites is 1. The zero-order chi connectivity index (χ0) is 17.0. The van der Waals surface area contributed by atoms with Gasteiger partial charge in [-0.2, -0.15) is 8.78 Å². The van der Waals surface area contributed by atoms with E-state index >= 15 is 0 Å². The van der Waals surface area contributed by atoms with Crippen LogP contribution < -0.4 is 10.1 Å². The number of benzene rings is 2. The van der Waals surface area contributed by atoms with Gasteiger partial charge in [-0.3, -0.25) is 4.79 Å². The largest absolute Gasteiger partial charge is 0.434 e. The maximum atomic E-state index is 13.6. The van der Waals surface area contributed by atoms with Gasteiger partial charge in [0, 0.05) is 12.1 Å². The van der Waals surface area contributed by atoms with Gasteiger partial charge >= 0.3 is 6.61 Å². The third kappa shape index (κ3) is 4.35. The second kappa shape index (κ2) is 7.32. The predicted molar refractivity (Wildman–Crippen MR) is 75.6 cm³/mol. The molecule has 3 nitrogen and oxygen atoms in total. The SMILES string of the molecule is O=C(NCc1cc(F)c(Cl)cc1F)c1ccccc1OC(F)F. The lowest BCUT2D eigenvalue weighted by Crippen LogP contribution is -2.24. The molecule has 0 saturated carbocycles. The average Bonchev–Trinajstić information content (AvgIpc) is 2.49. The fourth-order valence-electron chi connectivity index (χ4n) is 1.82. The van der Waals surface area contributed by atoms with Crippen LogP contribution in [0.1, 0.15) is 15.9 Å². The van der Waals surface area contributed by atoms with Crippen molar-refractivity contribution in [1.82, 2.24) is 5.32 Å². The van der Waals surface area contributed by atoms with E-state index in [1.807, 2.05) is 0 Å². The molecular weight excluding hydrogens is 338 g/mol. The molecule has 0 spiro atoms. The molecule has 1 amide bonds. The van der Waals surface area contributed by atoms with E-state index in [0.29, 0.717) is 0 Å². The van der Waals surface area contributed by atoms with Gasteiger partial charge < -0.3 is 10.1 Å². The van der Waals surface area contributed by atoms with Crippen LogP contribution in [0.3, 0.4) is 0 Å². The number of hydrogen-bond donors (Lipinski definition) is 1. The summed E-state index contributed by atoms with van der Waals surface area (Å²) in [7, 11) is 0. The molecule has 2 rings (SSSR count). The van der Waals surface area contributed by atoms with Crippen molar-refractivity contribution in [1.29, 1.82) is 0 Å². The van der Waals surface area contributed by atoms with Crippen molar-refractivity contribution in [3.8, 4) is 5.75 Å². The molecule has 1 N–H and O–H groups in total. The molecule has 0 fully saturated rings. The second-order valence-electron chi connectivity index (χ2n) is 4.42. The Kier molecular flexibility index (Phi) is 5.44. The molecule has 0 aliphatic rings. The van der Waals surface area contributed by atoms with Crippen LogP contribution in [-0.4, -0.2) is 12.5 Å². The summed E-state index contributed by atoms with van der Waals surface area (Å²) in [5, 5.41) is 1.92. The molecule has 0 aromatic heterocycles. The second-order valence-corrected chi connectivity index (χ2v) is 4.82. The molecule has 0 unspecified atom stereocenters. The highest BCUT2D eigenvalue weighted by atomic mass is 35.5. The van der Waals surface area contributed by atoms with Crippen LogP contribution in [0, 0.1) is 11.6 Å². The van der Waals surface area contributed by atoms with Crippen molar-refractivity contribution in [3.63, 3.8) is 0 Å². The van der Waals surface area contributed by atoms with Crippen LogP contribution in [0.25, 0.3) is 0 Å². The number of hydrogen-bond acceptors (Lipinski definition) is 2. The molecule has 0 radical (unpaired) electrons. The van der Waals surface area contributed by atoms with E-state index in [1.54, 1.807) is 0 Å². The van der Waals surface area contributed by atoms with Crippen LogP contribution in [0.15, 0.2) is 36.4 Å². The van der Waals surface area contributed by atoms with E-state index in [9.17, 15) is 22.4 Å². The van der Waals surface area contributed by atoms with Crippen molar-refractivity contribution in [2.45, 2.75) is 13.2 Å². The summed E-state index contributed by atoms with van der Waals surface area (Å²) >= 11 is 5.42. The molecule has 0 aliphatic heterocycles. The predicted octanol–water partition coefficient (Wildman–Crippen LogP) is 4.15. The van der Waals surface area contributed by atoms with Crippen LogP contribution in [-0.2, 0) is 6.54 Å². The topological polar surface area (TPSA) is 38.3 Å². The molecular formula is C15H10ClF4NO2. The summed E-state index contributed by atoms with van der Waals surface area (Å²) in [5.74, 6) is -2.72. The highest BCUT2D eigenvalue weighted by molar-refractivity contribution is 6.30. The normalized spacial score (nSPS) is 10.7. The number of ether oxygens (including phenoxy) is 1. The maximum Gasteiger partial charge on any atom is 0.387 e. The average molecular weight is 348 g/mol. The smallest absolute Gasteiger partial charge is 0.387 e. The lowest BCUT2D eigenvalue weighted by atomic mass is 10.1. The van der Waals surface area contributed by atoms with Crippen molar-refractivity contribution in [3.05, 3.63) is 64.2 Å². The van der Waals surface area contributed by atoms with Gasteiger partial charge in [-0.05, 0) is 24.3 Å². The Labute approximate surface area is 133 Å². The highest BCUT2D eigenvalue weighted by Crippen LogP contribution is 2.21. The fourth-order valence-corrected chi connectivity index (χ4v) is 1.97. The molecule has 0 atom stereocenters. The van der Waals surface area contributed by atoms with E-state index in [-0.39, 0.29) is 28.4 Å². The first kappa shape index (κ1) is 17.1. The Morgan fingerprint density at radius 1 is 1.17 bits per heavy atom. The maximum absolute atomic E-state index is 13.6. The van der Waals surface area contributed by atoms with Crippen molar-refractivity contribution < 1.29 is 27.1 Å². The number of carbonyl (C=O) groups is 1. The summed E-state index contributed by atoms with van der Waals surface area (Å²) in [5.41, 5.74) is -0.282. The fraction of sp³-hybridized carbons (Fsp3) is 0.133. The van der Waals surface area contributed by atoms with Crippen molar-refractivity contribution in [2.75, 3.05) is 0 Å². The number of carbonyl (C=O) groups excluding carboxylic acids is 1. The number of nitrogens with one attached hydrogen (secondary N) is 1. The number of amides is 1. The van der Waals surface area contributed by atoms with Gasteiger partial charge in [0.15, 0.2) is 0 Å². The summed E-state index contributed by atoms with van der Waals surface area (Å²) < 4.78 is 55.7. The Hall–Kier alpha value is -2.28. The molecule has 23 heavy (non-hydrogen) atoms. The van der Waals surface area contributed by atoms with Crippen LogP contribution in [0.4, 0.5) is 17.6 Å². The lowest BCUT2D eigenvalue weighted by molar-refractivity contribution is -0.0501. The molecule has 0 heterocycles. The van der Waals surface area contributed by atoms with E-state index in [2.05, 4.69) is 10.1 Å². The number of halogens is 5. The molecule has 122 valence electrons. The molecule has 0 saturated heterocycles. The minimum atomic E-state index is -3.09. The molecule has 2 aromatic carbocycles. The van der Waals surface area contributed by atoms with Gasteiger partial charge in [0.05, 0.1) is 10.6 Å². The van der Waals surface area contributed by atoms with Gasteiger partial charge in [-0.1, -0.05) is 23.7 Å². The van der Waals surface area contributed by atoms with Crippen molar-refractivity contribution >= 4 is 17.5 Å². The molecule has 0 bridgehead atoms. The quantitative estimate of drug-likeness (QED) is 0.652. The van der Waals surface area contributed by atoms with Crippen molar-refractivity contribution in [2.24, 2.45) is 0 Å². The monoisotopic (exact) mass is 347 g/mol. The Balaban J connectivity index is 2.13. The highest BCUT2D eigenvalue weighted by Gasteiger charge is 2.16. The Bertz CT molecular complexity index is 725. The van der Waals surface area contributed by atoms with Gasteiger partial charge in [0.1, 0.15) is 17.4 Å². The van der Waals surface area contributed by atoms with E-state index < -0.39 is 24.2 Å². The molecule has 8 heteroatoms. The van der Waals surface area contributed by atoms with E-state index in [0.717, 1.165) is 12.1 Å². The minimum absolute atomic E-state index is 0.132. The molecule has 2 aromatic rings. The van der Waals surface area contributed by atoms with Crippen LogP contribution in [0.2, 0.25) is 5.02 Å². The number of alkyl halides is 2. The van der Waals surface area contributed by atoms with Gasteiger partial charge in [-0.15, -0.1) is 0 Å². The Morgan fingerprint density at radius 3 is 2.57 bits per heavy atom. The van der Waals surface area contributed by atoms with Crippen LogP contribution in [0.5, 0.6) is 5.75 Å². The van der Waals surface area contributed by atoms with Gasteiger partial charge in [0.2, 0.25) is 0 Å². The third-order valence-corrected chi connectivity index (χ3v) is 3.17. The summed E-state index contributed by atoms with van der Waals surface area (Å²) in [6.45, 7) is -3.44. The zero-order valence-corrected chi connectivity index (χ0v) is 12.2. The van der Waals surface area contributed by atoms with Gasteiger partial charge in [0.25, 0.3) is 5.91 Å². The van der Waals surface area contributed by atoms with E-state index in [4.69, 9.17) is 11.6 Å².